The van der Waals surface area contributed by atoms with Crippen LogP contribution >= 0.6 is 15.9 Å². The molecule has 5 heteroatoms. The van der Waals surface area contributed by atoms with Gasteiger partial charge in [0, 0.05) is 10.2 Å². The average Bonchev–Trinajstić information content (AvgIpc) is 2.17. The molecule has 0 radical (unpaired) electrons. The number of rotatable bonds is 2. The second-order valence-electron chi connectivity index (χ2n) is 4.42. The summed E-state index contributed by atoms with van der Waals surface area (Å²) in [4.78, 5) is 4.30. The van der Waals surface area contributed by atoms with E-state index >= 15 is 0 Å². The number of aryl methyl sites for hydroxylation is 1. The van der Waals surface area contributed by atoms with E-state index in [0.29, 0.717) is 5.69 Å². The molecule has 0 N–H and O–H groups in total. The lowest BCUT2D eigenvalue weighted by atomic mass is 10.3. The van der Waals surface area contributed by atoms with Crippen molar-refractivity contribution in [1.82, 2.24) is 4.98 Å². The zero-order valence-electron chi connectivity index (χ0n) is 9.82. The van der Waals surface area contributed by atoms with Crippen molar-refractivity contribution in [3.63, 3.8) is 0 Å². The van der Waals surface area contributed by atoms with Crippen molar-refractivity contribution in [1.29, 1.82) is 0 Å². The third-order valence-electron chi connectivity index (χ3n) is 1.81. The number of pyridine rings is 1. The third kappa shape index (κ3) is 3.88. The van der Waals surface area contributed by atoms with E-state index in [9.17, 15) is 4.55 Å². The van der Waals surface area contributed by atoms with Crippen LogP contribution in [0.1, 0.15) is 32.2 Å². The summed E-state index contributed by atoms with van der Waals surface area (Å²) >= 11 is 2.13. The Balaban J connectivity index is 2.88. The Kier molecular flexibility index (Phi) is 4.52. The maximum atomic E-state index is 11.7. The van der Waals surface area contributed by atoms with E-state index in [-0.39, 0.29) is 4.75 Å². The fraction of sp³-hybridized carbons (Fsp3) is 0.455. The minimum Gasteiger partial charge on any atom is -0.591 e. The molecule has 0 saturated heterocycles. The molecule has 0 amide bonds. The lowest BCUT2D eigenvalue weighted by Crippen LogP contribution is -2.25. The molecule has 0 fully saturated rings. The largest absolute Gasteiger partial charge is 0.591 e. The van der Waals surface area contributed by atoms with Crippen molar-refractivity contribution in [3.8, 4) is 0 Å². The summed E-state index contributed by atoms with van der Waals surface area (Å²) in [7, 11) is 0. The standard InChI is InChI=1S/C11H15BrN2OS/c1-8-5-6-9(12)10(14-8)7-13-16(15)11(2,3)4/h5-7H,1-4H3. The molecule has 0 aliphatic carbocycles. The summed E-state index contributed by atoms with van der Waals surface area (Å²) in [5, 5.41) is 0. The van der Waals surface area contributed by atoms with Crippen molar-refractivity contribution in [2.75, 3.05) is 0 Å². The van der Waals surface area contributed by atoms with E-state index < -0.39 is 11.4 Å². The molecule has 0 saturated carbocycles. The van der Waals surface area contributed by atoms with E-state index in [4.69, 9.17) is 0 Å². The molecule has 1 atom stereocenters. The number of nitrogens with zero attached hydrogens (tertiary/aromatic N) is 2. The predicted octanol–water partition coefficient (Wildman–Crippen LogP) is 3.03. The van der Waals surface area contributed by atoms with Gasteiger partial charge in [-0.2, -0.15) is 0 Å². The van der Waals surface area contributed by atoms with Gasteiger partial charge in [-0.1, -0.05) is 4.40 Å². The van der Waals surface area contributed by atoms with Crippen LogP contribution in [0.5, 0.6) is 0 Å². The Hall–Kier alpha value is -0.390. The van der Waals surface area contributed by atoms with Crippen molar-refractivity contribution in [3.05, 3.63) is 28.0 Å². The first-order chi connectivity index (χ1) is 7.30. The van der Waals surface area contributed by atoms with Crippen LogP contribution in [-0.4, -0.2) is 20.5 Å². The first-order valence-corrected chi connectivity index (χ1v) is 6.80. The molecule has 0 aliphatic rings. The van der Waals surface area contributed by atoms with Gasteiger partial charge in [0.2, 0.25) is 0 Å². The van der Waals surface area contributed by atoms with E-state index in [2.05, 4.69) is 25.3 Å². The Morgan fingerprint density at radius 1 is 1.44 bits per heavy atom. The van der Waals surface area contributed by atoms with E-state index in [1.165, 1.54) is 0 Å². The van der Waals surface area contributed by atoms with Gasteiger partial charge >= 0.3 is 0 Å². The topological polar surface area (TPSA) is 48.3 Å². The Bertz CT molecular complexity index is 401. The molecule has 88 valence electrons. The lowest BCUT2D eigenvalue weighted by Gasteiger charge is -2.17. The second-order valence-corrected chi connectivity index (χ2v) is 7.20. The minimum absolute atomic E-state index is 0.340. The molecule has 1 heterocycles. The third-order valence-corrected chi connectivity index (χ3v) is 3.82. The molecular weight excluding hydrogens is 288 g/mol. The summed E-state index contributed by atoms with van der Waals surface area (Å²) < 4.78 is 16.2. The quantitative estimate of drug-likeness (QED) is 0.623. The summed E-state index contributed by atoms with van der Waals surface area (Å²) in [6, 6.07) is 3.81. The maximum Gasteiger partial charge on any atom is 0.144 e. The van der Waals surface area contributed by atoms with Crippen molar-refractivity contribution >= 4 is 33.5 Å². The molecule has 1 unspecified atom stereocenters. The first-order valence-electron chi connectivity index (χ1n) is 4.90. The van der Waals surface area contributed by atoms with Gasteiger partial charge in [-0.25, -0.2) is 0 Å². The van der Waals surface area contributed by atoms with Gasteiger partial charge in [0.1, 0.15) is 28.0 Å². The monoisotopic (exact) mass is 302 g/mol. The molecule has 1 rings (SSSR count). The molecule has 0 aliphatic heterocycles. The van der Waals surface area contributed by atoms with Gasteiger partial charge in [0.15, 0.2) is 0 Å². The molecule has 1 aromatic heterocycles. The van der Waals surface area contributed by atoms with Crippen LogP contribution < -0.4 is 0 Å². The van der Waals surface area contributed by atoms with Gasteiger partial charge in [-0.05, 0) is 55.8 Å². The fourth-order valence-electron chi connectivity index (χ4n) is 0.906. The predicted molar refractivity (Wildman–Crippen MR) is 72.2 cm³/mol. The van der Waals surface area contributed by atoms with Gasteiger partial charge in [-0.3, -0.25) is 4.98 Å². The molecule has 0 spiro atoms. The second kappa shape index (κ2) is 5.29. The highest BCUT2D eigenvalue weighted by molar-refractivity contribution is 9.10. The summed E-state index contributed by atoms with van der Waals surface area (Å²) in [6.07, 6.45) is 1.55. The van der Waals surface area contributed by atoms with Gasteiger partial charge in [-0.15, -0.1) is 0 Å². The summed E-state index contributed by atoms with van der Waals surface area (Å²) in [5.41, 5.74) is 1.61. The highest BCUT2D eigenvalue weighted by Crippen LogP contribution is 2.18. The van der Waals surface area contributed by atoms with Crippen LogP contribution in [0.2, 0.25) is 0 Å². The summed E-state index contributed by atoms with van der Waals surface area (Å²) in [6.45, 7) is 7.57. The van der Waals surface area contributed by atoms with Crippen LogP contribution in [0, 0.1) is 6.92 Å². The molecule has 16 heavy (non-hydrogen) atoms. The van der Waals surface area contributed by atoms with Gasteiger partial charge < -0.3 is 4.55 Å². The highest BCUT2D eigenvalue weighted by atomic mass is 79.9. The van der Waals surface area contributed by atoms with Gasteiger partial charge in [0.25, 0.3) is 0 Å². The fourth-order valence-corrected chi connectivity index (χ4v) is 1.74. The highest BCUT2D eigenvalue weighted by Gasteiger charge is 2.25. The first kappa shape index (κ1) is 13.7. The van der Waals surface area contributed by atoms with E-state index in [0.717, 1.165) is 10.2 Å². The van der Waals surface area contributed by atoms with Crippen LogP contribution in [0.15, 0.2) is 21.0 Å². The number of hydrogen-bond donors (Lipinski definition) is 0. The smallest absolute Gasteiger partial charge is 0.144 e. The van der Waals surface area contributed by atoms with Crippen molar-refractivity contribution in [2.45, 2.75) is 32.4 Å². The van der Waals surface area contributed by atoms with Crippen LogP contribution in [-0.2, 0) is 11.4 Å². The minimum atomic E-state index is -1.24. The van der Waals surface area contributed by atoms with Crippen molar-refractivity contribution in [2.24, 2.45) is 4.40 Å². The van der Waals surface area contributed by atoms with Gasteiger partial charge in [0.05, 0.1) is 0 Å². The molecule has 0 aromatic carbocycles. The zero-order valence-corrected chi connectivity index (χ0v) is 12.2. The van der Waals surface area contributed by atoms with Crippen LogP contribution in [0.25, 0.3) is 0 Å². The molecule has 0 bridgehead atoms. The zero-order chi connectivity index (χ0) is 12.3. The Labute approximate surface area is 108 Å². The van der Waals surface area contributed by atoms with Crippen molar-refractivity contribution < 1.29 is 4.55 Å². The SMILES string of the molecule is Cc1ccc(Br)c(C=N[S+]([O-])C(C)(C)C)n1. The summed E-state index contributed by atoms with van der Waals surface area (Å²) in [5.74, 6) is 0. The van der Waals surface area contributed by atoms with E-state index in [1.807, 2.05) is 39.8 Å². The van der Waals surface area contributed by atoms with E-state index in [1.54, 1.807) is 6.21 Å². The molecule has 1 aromatic rings. The Morgan fingerprint density at radius 3 is 2.62 bits per heavy atom. The Morgan fingerprint density at radius 2 is 2.06 bits per heavy atom. The number of halogens is 1. The average molecular weight is 303 g/mol. The van der Waals surface area contributed by atoms with Crippen LogP contribution in [0.4, 0.5) is 0 Å². The molecule has 3 nitrogen and oxygen atoms in total. The number of aromatic nitrogens is 1. The molecular formula is C11H15BrN2OS. The number of hydrogen-bond acceptors (Lipinski definition) is 3. The van der Waals surface area contributed by atoms with Crippen LogP contribution in [0.3, 0.4) is 0 Å². The lowest BCUT2D eigenvalue weighted by molar-refractivity contribution is 0.562. The normalized spacial score (nSPS) is 14.4. The maximum absolute atomic E-state index is 11.7.